The first-order chi connectivity index (χ1) is 12.6. The summed E-state index contributed by atoms with van der Waals surface area (Å²) in [5.41, 5.74) is 3.45. The highest BCUT2D eigenvalue weighted by Crippen LogP contribution is 2.37. The molecule has 0 saturated carbocycles. The summed E-state index contributed by atoms with van der Waals surface area (Å²) in [6, 6.07) is 22.6. The summed E-state index contributed by atoms with van der Waals surface area (Å²) in [6.07, 6.45) is 2.01. The van der Waals surface area contributed by atoms with Gasteiger partial charge in [-0.25, -0.2) is 0 Å². The van der Waals surface area contributed by atoms with Crippen molar-refractivity contribution < 1.29 is 4.92 Å². The zero-order valence-electron chi connectivity index (χ0n) is 13.8. The van der Waals surface area contributed by atoms with E-state index in [-0.39, 0.29) is 10.6 Å². The maximum Gasteiger partial charge on any atom is 0.277 e. The maximum atomic E-state index is 11.3. The van der Waals surface area contributed by atoms with Gasteiger partial charge in [-0.1, -0.05) is 54.1 Å². The molecule has 0 aliphatic heterocycles. The van der Waals surface area contributed by atoms with Crippen molar-refractivity contribution in [3.63, 3.8) is 0 Å². The van der Waals surface area contributed by atoms with Crippen LogP contribution in [-0.2, 0) is 6.54 Å². The average Bonchev–Trinajstić information content (AvgIpc) is 3.03. The molecule has 26 heavy (non-hydrogen) atoms. The standard InChI is InChI=1S/C21H15ClN2O2/c22-19-13-21-16(10-11-23(21)14-15-6-2-1-3-7-15)12-18(19)17-8-4-5-9-20(17)24(25)26/h1-13H,14H2. The Morgan fingerprint density at radius 3 is 2.42 bits per heavy atom. The Kier molecular flexibility index (Phi) is 4.19. The fourth-order valence-corrected chi connectivity index (χ4v) is 3.46. The highest BCUT2D eigenvalue weighted by atomic mass is 35.5. The maximum absolute atomic E-state index is 11.3. The van der Waals surface area contributed by atoms with E-state index in [2.05, 4.69) is 16.7 Å². The van der Waals surface area contributed by atoms with Crippen molar-refractivity contribution in [2.75, 3.05) is 0 Å². The lowest BCUT2D eigenvalue weighted by Crippen LogP contribution is -1.97. The number of aromatic nitrogens is 1. The molecule has 4 aromatic rings. The molecule has 0 atom stereocenters. The molecule has 0 radical (unpaired) electrons. The molecule has 0 aliphatic carbocycles. The number of nitro groups is 1. The van der Waals surface area contributed by atoms with Crippen LogP contribution in [0.3, 0.4) is 0 Å². The Morgan fingerprint density at radius 2 is 1.65 bits per heavy atom. The summed E-state index contributed by atoms with van der Waals surface area (Å²) in [6.45, 7) is 0.742. The van der Waals surface area contributed by atoms with E-state index in [4.69, 9.17) is 11.6 Å². The summed E-state index contributed by atoms with van der Waals surface area (Å²) in [5, 5.41) is 12.8. The number of rotatable bonds is 4. The lowest BCUT2D eigenvalue weighted by atomic mass is 10.0. The average molecular weight is 363 g/mol. The van der Waals surface area contributed by atoms with Crippen LogP contribution in [-0.4, -0.2) is 9.49 Å². The summed E-state index contributed by atoms with van der Waals surface area (Å²) in [7, 11) is 0. The second kappa shape index (κ2) is 6.65. The van der Waals surface area contributed by atoms with Gasteiger partial charge in [-0.05, 0) is 29.8 Å². The molecule has 0 aliphatic rings. The van der Waals surface area contributed by atoms with E-state index in [0.717, 1.165) is 17.4 Å². The van der Waals surface area contributed by atoms with E-state index in [1.807, 2.05) is 42.6 Å². The molecule has 4 rings (SSSR count). The number of benzene rings is 3. The van der Waals surface area contributed by atoms with Gasteiger partial charge in [0.25, 0.3) is 5.69 Å². The molecule has 0 N–H and O–H groups in total. The Hall–Kier alpha value is -3.11. The fraction of sp³-hybridized carbons (Fsp3) is 0.0476. The van der Waals surface area contributed by atoms with E-state index in [0.29, 0.717) is 16.1 Å². The SMILES string of the molecule is O=[N+]([O-])c1ccccc1-c1cc2ccn(Cc3ccccc3)c2cc1Cl. The van der Waals surface area contributed by atoms with Gasteiger partial charge in [0.2, 0.25) is 0 Å². The summed E-state index contributed by atoms with van der Waals surface area (Å²) in [5.74, 6) is 0. The molecule has 0 amide bonds. The van der Waals surface area contributed by atoms with Gasteiger partial charge in [-0.3, -0.25) is 10.1 Å². The van der Waals surface area contributed by atoms with E-state index in [1.165, 1.54) is 11.6 Å². The highest BCUT2D eigenvalue weighted by molar-refractivity contribution is 6.34. The first kappa shape index (κ1) is 16.4. The second-order valence-electron chi connectivity index (χ2n) is 6.09. The molecule has 5 heteroatoms. The summed E-state index contributed by atoms with van der Waals surface area (Å²) < 4.78 is 2.12. The van der Waals surface area contributed by atoms with Crippen LogP contribution in [0.15, 0.2) is 79.0 Å². The molecule has 1 heterocycles. The van der Waals surface area contributed by atoms with Crippen LogP contribution in [0.25, 0.3) is 22.0 Å². The van der Waals surface area contributed by atoms with Crippen molar-refractivity contribution in [3.8, 4) is 11.1 Å². The third kappa shape index (κ3) is 2.95. The van der Waals surface area contributed by atoms with Gasteiger partial charge >= 0.3 is 0 Å². The van der Waals surface area contributed by atoms with Crippen LogP contribution in [0.5, 0.6) is 0 Å². The highest BCUT2D eigenvalue weighted by Gasteiger charge is 2.17. The quantitative estimate of drug-likeness (QED) is 0.334. The second-order valence-corrected chi connectivity index (χ2v) is 6.50. The molecular weight excluding hydrogens is 348 g/mol. The molecule has 0 spiro atoms. The van der Waals surface area contributed by atoms with E-state index < -0.39 is 0 Å². The molecule has 3 aromatic carbocycles. The number of hydrogen-bond donors (Lipinski definition) is 0. The van der Waals surface area contributed by atoms with Crippen molar-refractivity contribution >= 4 is 28.2 Å². The Bertz CT molecular complexity index is 1100. The molecule has 0 saturated heterocycles. The third-order valence-corrected chi connectivity index (χ3v) is 4.76. The van der Waals surface area contributed by atoms with Crippen molar-refractivity contribution in [3.05, 3.63) is 99.7 Å². The van der Waals surface area contributed by atoms with Crippen LogP contribution in [0.1, 0.15) is 5.56 Å². The minimum absolute atomic E-state index is 0.0532. The van der Waals surface area contributed by atoms with E-state index in [9.17, 15) is 10.1 Å². The van der Waals surface area contributed by atoms with Crippen LogP contribution in [0.4, 0.5) is 5.69 Å². The normalized spacial score (nSPS) is 11.0. The molecule has 128 valence electrons. The molecule has 0 fully saturated rings. The molecule has 0 unspecified atom stereocenters. The van der Waals surface area contributed by atoms with Crippen molar-refractivity contribution in [2.24, 2.45) is 0 Å². The van der Waals surface area contributed by atoms with Crippen LogP contribution in [0, 0.1) is 10.1 Å². The van der Waals surface area contributed by atoms with Crippen molar-refractivity contribution in [1.82, 2.24) is 4.57 Å². The first-order valence-electron chi connectivity index (χ1n) is 8.19. The van der Waals surface area contributed by atoms with Gasteiger partial charge in [0.15, 0.2) is 0 Å². The molecule has 1 aromatic heterocycles. The first-order valence-corrected chi connectivity index (χ1v) is 8.57. The van der Waals surface area contributed by atoms with Crippen LogP contribution < -0.4 is 0 Å². The summed E-state index contributed by atoms with van der Waals surface area (Å²) >= 11 is 6.51. The topological polar surface area (TPSA) is 48.1 Å². The van der Waals surface area contributed by atoms with Gasteiger partial charge in [-0.2, -0.15) is 0 Å². The molecular formula is C21H15ClN2O2. The fourth-order valence-electron chi connectivity index (χ4n) is 3.20. The lowest BCUT2D eigenvalue weighted by molar-refractivity contribution is -0.384. The Balaban J connectivity index is 1.81. The van der Waals surface area contributed by atoms with Crippen LogP contribution in [0.2, 0.25) is 5.02 Å². The van der Waals surface area contributed by atoms with Gasteiger partial charge in [0, 0.05) is 35.3 Å². The third-order valence-electron chi connectivity index (χ3n) is 4.45. The zero-order chi connectivity index (χ0) is 18.1. The van der Waals surface area contributed by atoms with Gasteiger partial charge in [0.05, 0.1) is 15.5 Å². The van der Waals surface area contributed by atoms with Gasteiger partial charge < -0.3 is 4.57 Å². The van der Waals surface area contributed by atoms with Crippen molar-refractivity contribution in [2.45, 2.75) is 6.54 Å². The number of hydrogen-bond acceptors (Lipinski definition) is 2. The van der Waals surface area contributed by atoms with Gasteiger partial charge in [-0.15, -0.1) is 0 Å². The number of fused-ring (bicyclic) bond motifs is 1. The van der Waals surface area contributed by atoms with E-state index >= 15 is 0 Å². The summed E-state index contributed by atoms with van der Waals surface area (Å²) in [4.78, 5) is 11.0. The molecule has 4 nitrogen and oxygen atoms in total. The number of para-hydroxylation sites is 1. The predicted octanol–water partition coefficient (Wildman–Crippen LogP) is 5.92. The molecule has 0 bridgehead atoms. The predicted molar refractivity (Wildman–Crippen MR) is 105 cm³/mol. The smallest absolute Gasteiger partial charge is 0.277 e. The monoisotopic (exact) mass is 362 g/mol. The zero-order valence-corrected chi connectivity index (χ0v) is 14.6. The lowest BCUT2D eigenvalue weighted by Gasteiger charge is -2.09. The number of nitrogens with zero attached hydrogens (tertiary/aromatic N) is 2. The Morgan fingerprint density at radius 1 is 0.923 bits per heavy atom. The van der Waals surface area contributed by atoms with Gasteiger partial charge in [0.1, 0.15) is 0 Å². The Labute approximate surface area is 155 Å². The number of nitro benzene ring substituents is 1. The minimum atomic E-state index is -0.379. The largest absolute Gasteiger partial charge is 0.343 e. The number of halogens is 1. The van der Waals surface area contributed by atoms with E-state index in [1.54, 1.807) is 18.2 Å². The van der Waals surface area contributed by atoms with Crippen LogP contribution >= 0.6 is 11.6 Å². The van der Waals surface area contributed by atoms with Crippen molar-refractivity contribution in [1.29, 1.82) is 0 Å². The minimum Gasteiger partial charge on any atom is -0.343 e.